The van der Waals surface area contributed by atoms with Crippen molar-refractivity contribution in [2.75, 3.05) is 13.1 Å². The largest absolute Gasteiger partial charge is 0.487 e. The Hall–Kier alpha value is -1.85. The molecule has 0 unspecified atom stereocenters. The van der Waals surface area contributed by atoms with Crippen LogP contribution in [0.2, 0.25) is 5.15 Å². The first kappa shape index (κ1) is 17.3. The Kier molecular flexibility index (Phi) is 4.44. The Morgan fingerprint density at radius 2 is 1.93 bits per heavy atom. The van der Waals surface area contributed by atoms with Gasteiger partial charge in [-0.15, -0.1) is 10.2 Å². The number of likely N-dealkylation sites (tertiary alicyclic amines) is 1. The summed E-state index contributed by atoms with van der Waals surface area (Å²) in [5, 5.41) is 8.11. The maximum absolute atomic E-state index is 6.53. The highest BCUT2D eigenvalue weighted by atomic mass is 35.5. The summed E-state index contributed by atoms with van der Waals surface area (Å²) in [6, 6.07) is 10.3. The zero-order valence-corrected chi connectivity index (χ0v) is 16.1. The van der Waals surface area contributed by atoms with E-state index < -0.39 is 0 Å². The van der Waals surface area contributed by atoms with E-state index in [1.54, 1.807) is 12.1 Å². The first-order valence-electron chi connectivity index (χ1n) is 9.92. The van der Waals surface area contributed by atoms with Crippen molar-refractivity contribution < 1.29 is 9.47 Å². The Bertz CT molecular complexity index is 815. The fourth-order valence-corrected chi connectivity index (χ4v) is 4.54. The van der Waals surface area contributed by atoms with Crippen LogP contribution in [0.1, 0.15) is 44.1 Å². The molecule has 2 aromatic rings. The van der Waals surface area contributed by atoms with Gasteiger partial charge in [-0.25, -0.2) is 0 Å². The fraction of sp³-hybridized carbons (Fsp3) is 0.524. The first-order valence-corrected chi connectivity index (χ1v) is 10.3. The van der Waals surface area contributed by atoms with Gasteiger partial charge in [0.1, 0.15) is 17.1 Å². The second kappa shape index (κ2) is 6.95. The molecule has 0 amide bonds. The standard InChI is InChI=1S/C21H24ClN3O2/c22-19-6-7-20(24-23-19)26-17-4-5-18-15(14-17)8-9-21(27-18)10-12-25(13-11-21)16-2-1-3-16/h4-7,14,16H,1-3,8-13H2. The summed E-state index contributed by atoms with van der Waals surface area (Å²) in [7, 11) is 0. The van der Waals surface area contributed by atoms with Gasteiger partial charge in [-0.05, 0) is 68.4 Å². The van der Waals surface area contributed by atoms with Gasteiger partial charge in [0.2, 0.25) is 5.88 Å². The van der Waals surface area contributed by atoms with Gasteiger partial charge >= 0.3 is 0 Å². The molecule has 0 radical (unpaired) electrons. The second-order valence-corrected chi connectivity index (χ2v) is 8.36. The van der Waals surface area contributed by atoms with E-state index in [0.717, 1.165) is 43.2 Å². The van der Waals surface area contributed by atoms with Gasteiger partial charge in [-0.1, -0.05) is 18.0 Å². The van der Waals surface area contributed by atoms with Gasteiger partial charge in [-0.2, -0.15) is 0 Å². The topological polar surface area (TPSA) is 47.5 Å². The van der Waals surface area contributed by atoms with Crippen LogP contribution in [0, 0.1) is 0 Å². The molecule has 1 aromatic carbocycles. The smallest absolute Gasteiger partial charge is 0.238 e. The Labute approximate surface area is 164 Å². The zero-order chi connectivity index (χ0) is 18.3. The van der Waals surface area contributed by atoms with Crippen molar-refractivity contribution >= 4 is 11.6 Å². The van der Waals surface area contributed by atoms with Gasteiger partial charge in [0.25, 0.3) is 0 Å². The highest BCUT2D eigenvalue weighted by Crippen LogP contribution is 2.42. The molecular formula is C21H24ClN3O2. The SMILES string of the molecule is Clc1ccc(Oc2ccc3c(c2)CCC2(CCN(C4CCC4)CC2)O3)nn1. The zero-order valence-electron chi connectivity index (χ0n) is 15.4. The molecule has 3 aliphatic rings. The number of aromatic nitrogens is 2. The highest BCUT2D eigenvalue weighted by Gasteiger charge is 2.41. The summed E-state index contributed by atoms with van der Waals surface area (Å²) in [5.41, 5.74) is 1.23. The number of hydrogen-bond acceptors (Lipinski definition) is 5. The van der Waals surface area contributed by atoms with Crippen LogP contribution in [-0.2, 0) is 6.42 Å². The lowest BCUT2D eigenvalue weighted by Crippen LogP contribution is -2.53. The van der Waals surface area contributed by atoms with E-state index in [1.807, 2.05) is 12.1 Å². The number of halogens is 1. The predicted molar refractivity (Wildman–Crippen MR) is 104 cm³/mol. The molecule has 5 nitrogen and oxygen atoms in total. The summed E-state index contributed by atoms with van der Waals surface area (Å²) in [4.78, 5) is 2.68. The third-order valence-corrected chi connectivity index (χ3v) is 6.54. The van der Waals surface area contributed by atoms with Crippen molar-refractivity contribution in [2.24, 2.45) is 0 Å². The van der Waals surface area contributed by atoms with Gasteiger partial charge in [0.15, 0.2) is 5.15 Å². The first-order chi connectivity index (χ1) is 13.2. The van der Waals surface area contributed by atoms with Crippen molar-refractivity contribution in [1.82, 2.24) is 15.1 Å². The number of fused-ring (bicyclic) bond motifs is 1. The average molecular weight is 386 g/mol. The number of aryl methyl sites for hydroxylation is 1. The van der Waals surface area contributed by atoms with Crippen LogP contribution in [0.3, 0.4) is 0 Å². The van der Waals surface area contributed by atoms with E-state index in [2.05, 4.69) is 21.2 Å². The summed E-state index contributed by atoms with van der Waals surface area (Å²) >= 11 is 5.77. The van der Waals surface area contributed by atoms with Crippen LogP contribution < -0.4 is 9.47 Å². The summed E-state index contributed by atoms with van der Waals surface area (Å²) in [6.45, 7) is 2.35. The van der Waals surface area contributed by atoms with E-state index in [-0.39, 0.29) is 5.60 Å². The molecule has 27 heavy (non-hydrogen) atoms. The Balaban J connectivity index is 1.26. The number of nitrogens with zero attached hydrogens (tertiary/aromatic N) is 3. The number of piperidine rings is 1. The number of rotatable bonds is 3. The molecule has 1 saturated carbocycles. The van der Waals surface area contributed by atoms with Crippen LogP contribution in [-0.4, -0.2) is 39.8 Å². The van der Waals surface area contributed by atoms with E-state index >= 15 is 0 Å². The molecule has 0 atom stereocenters. The van der Waals surface area contributed by atoms with Crippen molar-refractivity contribution in [3.05, 3.63) is 41.0 Å². The molecule has 6 heteroatoms. The van der Waals surface area contributed by atoms with E-state index in [9.17, 15) is 0 Å². The molecule has 1 aromatic heterocycles. The molecular weight excluding hydrogens is 362 g/mol. The van der Waals surface area contributed by atoms with Gasteiger partial charge < -0.3 is 14.4 Å². The molecule has 142 valence electrons. The Morgan fingerprint density at radius 1 is 1.07 bits per heavy atom. The molecule has 0 N–H and O–H groups in total. The average Bonchev–Trinajstić information content (AvgIpc) is 2.64. The Morgan fingerprint density at radius 3 is 2.63 bits per heavy atom. The minimum absolute atomic E-state index is 0.0251. The second-order valence-electron chi connectivity index (χ2n) is 7.97. The lowest BCUT2D eigenvalue weighted by atomic mass is 9.81. The lowest BCUT2D eigenvalue weighted by molar-refractivity contribution is -0.0337. The van der Waals surface area contributed by atoms with Crippen LogP contribution in [0.15, 0.2) is 30.3 Å². The van der Waals surface area contributed by atoms with Crippen LogP contribution in [0.4, 0.5) is 0 Å². The molecule has 1 saturated heterocycles. The molecule has 2 aliphatic heterocycles. The van der Waals surface area contributed by atoms with E-state index in [4.69, 9.17) is 21.1 Å². The molecule has 5 rings (SSSR count). The van der Waals surface area contributed by atoms with Crippen LogP contribution >= 0.6 is 11.6 Å². The van der Waals surface area contributed by atoms with Crippen molar-refractivity contribution in [2.45, 2.75) is 56.6 Å². The van der Waals surface area contributed by atoms with Gasteiger partial charge in [-0.3, -0.25) is 0 Å². The quantitative estimate of drug-likeness (QED) is 0.770. The molecule has 0 bridgehead atoms. The number of benzene rings is 1. The van der Waals surface area contributed by atoms with Crippen LogP contribution in [0.25, 0.3) is 0 Å². The third kappa shape index (κ3) is 3.50. The summed E-state index contributed by atoms with van der Waals surface area (Å²) in [6.07, 6.45) is 8.57. The predicted octanol–water partition coefficient (Wildman–Crippen LogP) is 4.63. The third-order valence-electron chi connectivity index (χ3n) is 6.34. The van der Waals surface area contributed by atoms with Gasteiger partial charge in [0.05, 0.1) is 0 Å². The van der Waals surface area contributed by atoms with E-state index in [0.29, 0.717) is 11.0 Å². The van der Waals surface area contributed by atoms with Crippen LogP contribution in [0.5, 0.6) is 17.4 Å². The van der Waals surface area contributed by atoms with Crippen molar-refractivity contribution in [3.8, 4) is 17.4 Å². The highest BCUT2D eigenvalue weighted by molar-refractivity contribution is 6.29. The van der Waals surface area contributed by atoms with E-state index in [1.165, 1.54) is 37.9 Å². The minimum atomic E-state index is 0.0251. The molecule has 3 heterocycles. The van der Waals surface area contributed by atoms with Crippen molar-refractivity contribution in [1.29, 1.82) is 0 Å². The van der Waals surface area contributed by atoms with Gasteiger partial charge in [0, 0.05) is 25.2 Å². The van der Waals surface area contributed by atoms with Crippen molar-refractivity contribution in [3.63, 3.8) is 0 Å². The summed E-state index contributed by atoms with van der Waals surface area (Å²) < 4.78 is 12.3. The molecule has 1 spiro atoms. The maximum Gasteiger partial charge on any atom is 0.238 e. The lowest BCUT2D eigenvalue weighted by Gasteiger charge is -2.48. The number of hydrogen-bond donors (Lipinski definition) is 0. The minimum Gasteiger partial charge on any atom is -0.487 e. The molecule has 2 fully saturated rings. The maximum atomic E-state index is 6.53. The molecule has 1 aliphatic carbocycles. The fourth-order valence-electron chi connectivity index (χ4n) is 4.44. The number of ether oxygens (including phenoxy) is 2. The monoisotopic (exact) mass is 385 g/mol. The summed E-state index contributed by atoms with van der Waals surface area (Å²) in [5.74, 6) is 2.20. The normalized spacial score (nSPS) is 22.0.